The summed E-state index contributed by atoms with van der Waals surface area (Å²) in [5.74, 6) is -0.293. The van der Waals surface area contributed by atoms with Gasteiger partial charge in [-0.2, -0.15) is 0 Å². The fraction of sp³-hybridized carbons (Fsp3) is 0.400. The van der Waals surface area contributed by atoms with Crippen LogP contribution in [0.25, 0.3) is 10.9 Å². The van der Waals surface area contributed by atoms with Crippen LogP contribution in [0.5, 0.6) is 0 Å². The van der Waals surface area contributed by atoms with Crippen molar-refractivity contribution in [2.75, 3.05) is 46.9 Å². The number of piperazine rings is 1. The van der Waals surface area contributed by atoms with Gasteiger partial charge in [0.1, 0.15) is 0 Å². The van der Waals surface area contributed by atoms with E-state index in [-0.39, 0.29) is 5.97 Å². The van der Waals surface area contributed by atoms with Crippen molar-refractivity contribution in [3.05, 3.63) is 70.9 Å². The zero-order valence-electron chi connectivity index (χ0n) is 18.2. The van der Waals surface area contributed by atoms with Gasteiger partial charge in [0.2, 0.25) is 0 Å². The molecule has 1 aliphatic heterocycles. The van der Waals surface area contributed by atoms with Gasteiger partial charge in [-0.15, -0.1) is 0 Å². The molecule has 0 saturated carbocycles. The average Bonchev–Trinajstić information content (AvgIpc) is 3.04. The number of fused-ring (bicyclic) bond motifs is 1. The molecule has 1 saturated heterocycles. The molecule has 5 nitrogen and oxygen atoms in total. The van der Waals surface area contributed by atoms with Gasteiger partial charge < -0.3 is 14.2 Å². The standard InChI is InChI=1S/C25H31N3O2/c1-19-23(18-20-8-10-21(11-9-20)25(29)30-3)22-6-4-5-7-24(22)28(19)17-16-27-14-12-26(2)13-15-27/h4-11H,12-18H2,1-3H3. The molecule has 1 aromatic heterocycles. The monoisotopic (exact) mass is 405 g/mol. The molecule has 0 spiro atoms. The minimum Gasteiger partial charge on any atom is -0.465 e. The molecule has 5 heteroatoms. The van der Waals surface area contributed by atoms with Crippen LogP contribution >= 0.6 is 0 Å². The lowest BCUT2D eigenvalue weighted by atomic mass is 10.0. The normalized spacial score (nSPS) is 15.6. The molecule has 2 aromatic carbocycles. The molecule has 3 aromatic rings. The van der Waals surface area contributed by atoms with Crippen molar-refractivity contribution < 1.29 is 9.53 Å². The van der Waals surface area contributed by atoms with Gasteiger partial charge in [0, 0.05) is 55.9 Å². The van der Waals surface area contributed by atoms with E-state index in [1.807, 2.05) is 24.3 Å². The smallest absolute Gasteiger partial charge is 0.337 e. The number of para-hydroxylation sites is 1. The van der Waals surface area contributed by atoms with Crippen LogP contribution in [0.15, 0.2) is 48.5 Å². The van der Waals surface area contributed by atoms with Gasteiger partial charge in [-0.3, -0.25) is 4.90 Å². The van der Waals surface area contributed by atoms with Crippen LogP contribution < -0.4 is 0 Å². The van der Waals surface area contributed by atoms with E-state index < -0.39 is 0 Å². The summed E-state index contributed by atoms with van der Waals surface area (Å²) < 4.78 is 7.29. The molecule has 30 heavy (non-hydrogen) atoms. The Hall–Kier alpha value is -2.63. The summed E-state index contributed by atoms with van der Waals surface area (Å²) in [6.45, 7) is 8.93. The Balaban J connectivity index is 1.56. The highest BCUT2D eigenvalue weighted by Gasteiger charge is 2.17. The van der Waals surface area contributed by atoms with E-state index in [9.17, 15) is 4.79 Å². The van der Waals surface area contributed by atoms with Crippen LogP contribution in [0.4, 0.5) is 0 Å². The Labute approximate surface area is 178 Å². The summed E-state index contributed by atoms with van der Waals surface area (Å²) in [6.07, 6.45) is 0.856. The molecule has 158 valence electrons. The number of esters is 1. The molecule has 1 fully saturated rings. The summed E-state index contributed by atoms with van der Waals surface area (Å²) in [6, 6.07) is 16.5. The van der Waals surface area contributed by atoms with E-state index in [4.69, 9.17) is 4.74 Å². The highest BCUT2D eigenvalue weighted by Crippen LogP contribution is 2.28. The predicted octanol–water partition coefficient (Wildman–Crippen LogP) is 3.57. The molecule has 0 unspecified atom stereocenters. The maximum Gasteiger partial charge on any atom is 0.337 e. The quantitative estimate of drug-likeness (QED) is 0.588. The first kappa shape index (κ1) is 20.6. The molecule has 2 heterocycles. The van der Waals surface area contributed by atoms with Gasteiger partial charge in [-0.1, -0.05) is 30.3 Å². The fourth-order valence-corrected chi connectivity index (χ4v) is 4.41. The lowest BCUT2D eigenvalue weighted by molar-refractivity contribution is 0.0600. The van der Waals surface area contributed by atoms with Gasteiger partial charge in [-0.05, 0) is 49.7 Å². The number of hydrogen-bond donors (Lipinski definition) is 0. The third-order valence-electron chi connectivity index (χ3n) is 6.35. The highest BCUT2D eigenvalue weighted by molar-refractivity contribution is 5.89. The van der Waals surface area contributed by atoms with Crippen LogP contribution in [0.2, 0.25) is 0 Å². The van der Waals surface area contributed by atoms with Crippen LogP contribution in [0.1, 0.15) is 27.2 Å². The molecule has 1 aliphatic rings. The second kappa shape index (κ2) is 9.02. The summed E-state index contributed by atoms with van der Waals surface area (Å²) in [4.78, 5) is 16.7. The maximum absolute atomic E-state index is 11.7. The first-order valence-electron chi connectivity index (χ1n) is 10.7. The minimum absolute atomic E-state index is 0.293. The van der Waals surface area contributed by atoms with Crippen molar-refractivity contribution in [3.8, 4) is 0 Å². The second-order valence-corrected chi connectivity index (χ2v) is 8.24. The number of benzene rings is 2. The first-order valence-corrected chi connectivity index (χ1v) is 10.7. The van der Waals surface area contributed by atoms with Gasteiger partial charge in [-0.25, -0.2) is 4.79 Å². The van der Waals surface area contributed by atoms with Crippen molar-refractivity contribution in [3.63, 3.8) is 0 Å². The van der Waals surface area contributed by atoms with Crippen LogP contribution in [-0.4, -0.2) is 67.2 Å². The van der Waals surface area contributed by atoms with Crippen LogP contribution in [0, 0.1) is 6.92 Å². The molecule has 0 atom stereocenters. The van der Waals surface area contributed by atoms with E-state index in [2.05, 4.69) is 52.6 Å². The van der Waals surface area contributed by atoms with Crippen molar-refractivity contribution in [2.24, 2.45) is 0 Å². The number of rotatable bonds is 6. The number of nitrogens with zero attached hydrogens (tertiary/aromatic N) is 3. The predicted molar refractivity (Wildman–Crippen MR) is 121 cm³/mol. The lowest BCUT2D eigenvalue weighted by Crippen LogP contribution is -2.45. The Bertz CT molecular complexity index is 1010. The summed E-state index contributed by atoms with van der Waals surface area (Å²) >= 11 is 0. The molecule has 0 radical (unpaired) electrons. The zero-order valence-corrected chi connectivity index (χ0v) is 18.2. The Kier molecular flexibility index (Phi) is 6.21. The van der Waals surface area contributed by atoms with Gasteiger partial charge in [0.15, 0.2) is 0 Å². The van der Waals surface area contributed by atoms with Crippen molar-refractivity contribution >= 4 is 16.9 Å². The van der Waals surface area contributed by atoms with E-state index >= 15 is 0 Å². The van der Waals surface area contributed by atoms with E-state index in [0.717, 1.165) is 45.7 Å². The largest absolute Gasteiger partial charge is 0.465 e. The topological polar surface area (TPSA) is 37.7 Å². The zero-order chi connectivity index (χ0) is 21.1. The molecular formula is C25H31N3O2. The molecule has 0 N–H and O–H groups in total. The summed E-state index contributed by atoms with van der Waals surface area (Å²) in [5, 5.41) is 1.32. The summed E-state index contributed by atoms with van der Waals surface area (Å²) in [5.41, 5.74) is 5.81. The van der Waals surface area contributed by atoms with Crippen molar-refractivity contribution in [1.82, 2.24) is 14.4 Å². The van der Waals surface area contributed by atoms with Gasteiger partial charge in [0.05, 0.1) is 12.7 Å². The molecule has 0 amide bonds. The van der Waals surface area contributed by atoms with Crippen LogP contribution in [-0.2, 0) is 17.7 Å². The second-order valence-electron chi connectivity index (χ2n) is 8.24. The van der Waals surface area contributed by atoms with E-state index in [1.54, 1.807) is 0 Å². The van der Waals surface area contributed by atoms with Crippen LogP contribution in [0.3, 0.4) is 0 Å². The maximum atomic E-state index is 11.7. The van der Waals surface area contributed by atoms with Gasteiger partial charge in [0.25, 0.3) is 0 Å². The molecule has 4 rings (SSSR count). The number of ether oxygens (including phenoxy) is 1. The van der Waals surface area contributed by atoms with Crippen molar-refractivity contribution in [1.29, 1.82) is 0 Å². The minimum atomic E-state index is -0.293. The highest BCUT2D eigenvalue weighted by atomic mass is 16.5. The Morgan fingerprint density at radius 3 is 2.37 bits per heavy atom. The third-order valence-corrected chi connectivity index (χ3v) is 6.35. The number of methoxy groups -OCH3 is 1. The number of carbonyl (C=O) groups is 1. The lowest BCUT2D eigenvalue weighted by Gasteiger charge is -2.32. The van der Waals surface area contributed by atoms with Crippen molar-refractivity contribution in [2.45, 2.75) is 19.9 Å². The Morgan fingerprint density at radius 1 is 0.967 bits per heavy atom. The number of hydrogen-bond acceptors (Lipinski definition) is 4. The first-order chi connectivity index (χ1) is 14.6. The summed E-state index contributed by atoms with van der Waals surface area (Å²) in [7, 11) is 3.61. The van der Waals surface area contributed by atoms with E-state index in [0.29, 0.717) is 5.56 Å². The average molecular weight is 406 g/mol. The number of likely N-dealkylation sites (N-methyl/N-ethyl adjacent to an activating group) is 1. The number of carbonyl (C=O) groups excluding carboxylic acids is 1. The fourth-order valence-electron chi connectivity index (χ4n) is 4.41. The Morgan fingerprint density at radius 2 is 1.67 bits per heavy atom. The molecule has 0 bridgehead atoms. The molecular weight excluding hydrogens is 374 g/mol. The number of aromatic nitrogens is 1. The molecule has 0 aliphatic carbocycles. The van der Waals surface area contributed by atoms with Gasteiger partial charge >= 0.3 is 5.97 Å². The SMILES string of the molecule is COC(=O)c1ccc(Cc2c(C)n(CCN3CCN(C)CC3)c3ccccc23)cc1. The third kappa shape index (κ3) is 4.27. The van der Waals surface area contributed by atoms with E-state index in [1.165, 1.54) is 34.8 Å².